The first-order valence-electron chi connectivity index (χ1n) is 16.3. The first-order chi connectivity index (χ1) is 21.9. The van der Waals surface area contributed by atoms with Gasteiger partial charge in [0.2, 0.25) is 0 Å². The van der Waals surface area contributed by atoms with Crippen LogP contribution in [0.5, 0.6) is 6.01 Å². The smallest absolute Gasteiger partial charge is 0.318 e. The third-order valence-electron chi connectivity index (χ3n) is 9.92. The molecule has 0 N–H and O–H groups in total. The highest BCUT2D eigenvalue weighted by Gasteiger charge is 2.45. The number of hydrogen-bond acceptors (Lipinski definition) is 8. The summed E-state index contributed by atoms with van der Waals surface area (Å²) in [5, 5.41) is 12.5. The molecule has 45 heavy (non-hydrogen) atoms. The molecule has 2 saturated heterocycles. The van der Waals surface area contributed by atoms with E-state index in [1.165, 1.54) is 51.9 Å². The molecule has 3 fully saturated rings. The summed E-state index contributed by atoms with van der Waals surface area (Å²) in [7, 11) is 0. The summed E-state index contributed by atoms with van der Waals surface area (Å²) in [4.78, 5) is 19.3. The van der Waals surface area contributed by atoms with E-state index in [-0.39, 0.29) is 17.3 Å². The third kappa shape index (κ3) is 6.41. The summed E-state index contributed by atoms with van der Waals surface area (Å²) >= 11 is 6.73. The number of benzene rings is 2. The van der Waals surface area contributed by atoms with Crippen LogP contribution < -0.4 is 14.5 Å². The average molecular weight is 630 g/mol. The van der Waals surface area contributed by atoms with Crippen molar-refractivity contribution in [1.29, 1.82) is 5.26 Å². The first kappa shape index (κ1) is 30.1. The second-order valence-electron chi connectivity index (χ2n) is 13.2. The summed E-state index contributed by atoms with van der Waals surface area (Å²) in [5.41, 5.74) is 3.39. The average Bonchev–Trinajstić information content (AvgIpc) is 3.61. The van der Waals surface area contributed by atoms with Crippen molar-refractivity contribution in [2.45, 2.75) is 58.0 Å². The fraction of sp³-hybridized carbons (Fsp3) is 0.514. The van der Waals surface area contributed by atoms with Crippen molar-refractivity contribution >= 4 is 33.9 Å². The topological polar surface area (TPSA) is 71.8 Å². The Kier molecular flexibility index (Phi) is 8.45. The van der Waals surface area contributed by atoms with E-state index < -0.39 is 0 Å². The van der Waals surface area contributed by atoms with E-state index in [2.05, 4.69) is 45.0 Å². The van der Waals surface area contributed by atoms with Gasteiger partial charge < -0.3 is 24.3 Å². The SMILES string of the molecule is CC(F)=CN1CCN(c2nc(OCC3(CN4CCCC4)CC3)nc3c2CCN(c2cccc4cccc(Cl)c24)C3)C[C@@H]1CC#N. The Balaban J connectivity index is 1.20. The van der Waals surface area contributed by atoms with Crippen LogP contribution in [0.1, 0.15) is 50.3 Å². The lowest BCUT2D eigenvalue weighted by Crippen LogP contribution is -2.51. The molecule has 1 saturated carbocycles. The normalized spacial score (nSPS) is 21.6. The van der Waals surface area contributed by atoms with Gasteiger partial charge in [-0.25, -0.2) is 4.39 Å². The van der Waals surface area contributed by atoms with Gasteiger partial charge in [0, 0.05) is 61.0 Å². The standard InChI is InChI=1S/C35H41ClFN7O/c1-25(37)20-42-18-19-44(21-27(42)10-14-38)33-28-11-17-43(31-9-5-7-26-6-4-8-29(36)32(26)31)22-30(28)39-34(40-33)45-24-35(12-13-35)23-41-15-2-3-16-41/h4-9,20,27H,2-3,10-13,15-19,21-24H2,1H3/t27-/m0/s1. The molecule has 8 nitrogen and oxygen atoms in total. The zero-order valence-corrected chi connectivity index (χ0v) is 26.8. The molecule has 1 aromatic heterocycles. The molecule has 1 atom stereocenters. The zero-order valence-electron chi connectivity index (χ0n) is 26.0. The van der Waals surface area contributed by atoms with Crippen molar-refractivity contribution < 1.29 is 9.13 Å². The highest BCUT2D eigenvalue weighted by molar-refractivity contribution is 6.36. The van der Waals surface area contributed by atoms with Crippen LogP contribution in [0.4, 0.5) is 15.9 Å². The Morgan fingerprint density at radius 2 is 1.89 bits per heavy atom. The predicted molar refractivity (Wildman–Crippen MR) is 176 cm³/mol. The Morgan fingerprint density at radius 3 is 2.64 bits per heavy atom. The maximum Gasteiger partial charge on any atom is 0.318 e. The van der Waals surface area contributed by atoms with Crippen molar-refractivity contribution in [2.75, 3.05) is 62.2 Å². The van der Waals surface area contributed by atoms with Crippen molar-refractivity contribution in [1.82, 2.24) is 19.8 Å². The summed E-state index contributed by atoms with van der Waals surface area (Å²) in [6, 6.07) is 15.0. The van der Waals surface area contributed by atoms with E-state index >= 15 is 0 Å². The number of anilines is 2. The van der Waals surface area contributed by atoms with Gasteiger partial charge in [0.15, 0.2) is 0 Å². The molecule has 10 heteroatoms. The molecule has 7 rings (SSSR count). The molecule has 0 radical (unpaired) electrons. The largest absolute Gasteiger partial charge is 0.463 e. The predicted octanol–water partition coefficient (Wildman–Crippen LogP) is 6.34. The molecule has 4 aliphatic rings. The van der Waals surface area contributed by atoms with E-state index in [4.69, 9.17) is 26.3 Å². The van der Waals surface area contributed by atoms with E-state index in [0.717, 1.165) is 58.1 Å². The molecule has 3 aliphatic heterocycles. The molecule has 0 unspecified atom stereocenters. The fourth-order valence-corrected chi connectivity index (χ4v) is 7.64. The molecule has 2 aromatic carbocycles. The molecule has 0 amide bonds. The van der Waals surface area contributed by atoms with Crippen molar-refractivity contribution in [3.63, 3.8) is 0 Å². The number of ether oxygens (including phenoxy) is 1. The van der Waals surface area contributed by atoms with Gasteiger partial charge in [-0.2, -0.15) is 15.2 Å². The van der Waals surface area contributed by atoms with Crippen LogP contribution in [0, 0.1) is 16.7 Å². The van der Waals surface area contributed by atoms with Crippen molar-refractivity contribution in [3.05, 3.63) is 64.7 Å². The van der Waals surface area contributed by atoms with Crippen LogP contribution in [-0.2, 0) is 13.0 Å². The summed E-state index contributed by atoms with van der Waals surface area (Å²) < 4.78 is 20.4. The van der Waals surface area contributed by atoms with E-state index in [0.29, 0.717) is 45.2 Å². The maximum atomic E-state index is 13.9. The Labute approximate surface area is 270 Å². The molecule has 4 heterocycles. The van der Waals surface area contributed by atoms with Crippen LogP contribution in [0.25, 0.3) is 10.8 Å². The minimum Gasteiger partial charge on any atom is -0.463 e. The fourth-order valence-electron chi connectivity index (χ4n) is 7.36. The molecule has 1 aliphatic carbocycles. The van der Waals surface area contributed by atoms with Crippen LogP contribution in [0.15, 0.2) is 48.4 Å². The molecule has 236 valence electrons. The second kappa shape index (κ2) is 12.6. The van der Waals surface area contributed by atoms with Crippen LogP contribution in [0.3, 0.4) is 0 Å². The van der Waals surface area contributed by atoms with E-state index in [1.807, 2.05) is 17.0 Å². The molecule has 0 spiro atoms. The van der Waals surface area contributed by atoms with Crippen LogP contribution >= 0.6 is 11.6 Å². The Bertz CT molecular complexity index is 1620. The van der Waals surface area contributed by atoms with Gasteiger partial charge in [0.05, 0.1) is 42.4 Å². The number of halogens is 2. The van der Waals surface area contributed by atoms with Gasteiger partial charge in [-0.1, -0.05) is 35.9 Å². The number of rotatable bonds is 9. The lowest BCUT2D eigenvalue weighted by molar-refractivity contribution is 0.169. The van der Waals surface area contributed by atoms with E-state index in [9.17, 15) is 9.65 Å². The molecule has 3 aromatic rings. The molecular formula is C35H41ClFN7O. The number of fused-ring (bicyclic) bond motifs is 2. The van der Waals surface area contributed by atoms with E-state index in [1.54, 1.807) is 0 Å². The summed E-state index contributed by atoms with van der Waals surface area (Å²) in [6.45, 7) is 8.82. The molecule has 0 bridgehead atoms. The van der Waals surface area contributed by atoms with Crippen molar-refractivity contribution in [2.24, 2.45) is 5.41 Å². The van der Waals surface area contributed by atoms with Gasteiger partial charge in [0.25, 0.3) is 0 Å². The third-order valence-corrected chi connectivity index (χ3v) is 10.2. The number of nitriles is 1. The summed E-state index contributed by atoms with van der Waals surface area (Å²) in [5.74, 6) is 0.636. The quantitative estimate of drug-likeness (QED) is 0.272. The lowest BCUT2D eigenvalue weighted by atomic mass is 10.0. The number of allylic oxidation sites excluding steroid dienone is 1. The number of hydrogen-bond donors (Lipinski definition) is 0. The van der Waals surface area contributed by atoms with Gasteiger partial charge in [-0.15, -0.1) is 0 Å². The second-order valence-corrected chi connectivity index (χ2v) is 13.6. The van der Waals surface area contributed by atoms with Gasteiger partial charge in [-0.3, -0.25) is 0 Å². The van der Waals surface area contributed by atoms with Crippen LogP contribution in [0.2, 0.25) is 5.02 Å². The highest BCUT2D eigenvalue weighted by atomic mass is 35.5. The van der Waals surface area contributed by atoms with Crippen LogP contribution in [-0.4, -0.2) is 78.2 Å². The summed E-state index contributed by atoms with van der Waals surface area (Å²) in [6.07, 6.45) is 7.54. The van der Waals surface area contributed by atoms with Gasteiger partial charge in [-0.05, 0) is 69.6 Å². The number of nitrogens with zero attached hydrogens (tertiary/aromatic N) is 7. The minimum absolute atomic E-state index is 0.127. The molecular weight excluding hydrogens is 589 g/mol. The van der Waals surface area contributed by atoms with Gasteiger partial charge >= 0.3 is 6.01 Å². The monoisotopic (exact) mass is 629 g/mol. The number of likely N-dealkylation sites (tertiary alicyclic amines) is 1. The maximum absolute atomic E-state index is 13.9. The number of aromatic nitrogens is 2. The zero-order chi connectivity index (χ0) is 31.0. The minimum atomic E-state index is -0.252. The number of piperazine rings is 1. The Morgan fingerprint density at radius 1 is 1.09 bits per heavy atom. The highest BCUT2D eigenvalue weighted by Crippen LogP contribution is 2.47. The lowest BCUT2D eigenvalue weighted by Gasteiger charge is -2.42. The van der Waals surface area contributed by atoms with Crippen molar-refractivity contribution in [3.8, 4) is 12.1 Å². The van der Waals surface area contributed by atoms with Gasteiger partial charge in [0.1, 0.15) is 11.6 Å². The first-order valence-corrected chi connectivity index (χ1v) is 16.7. The Hall–Kier alpha value is -3.61.